The maximum Gasteiger partial charge on any atom is 0.417 e. The first-order chi connectivity index (χ1) is 16.0. The molecule has 0 unspecified atom stereocenters. The predicted octanol–water partition coefficient (Wildman–Crippen LogP) is 5.28. The number of amides is 1. The standard InChI is InChI=1S/C24H20F4N2O3S/c25-17-8-11-19(12-9-17)34(32,33)15-30-13-3-4-16-7-10-18(14-22(16)30)29-23(31)20-5-1-2-6-21(20)24(26,27)28/h1-2,5-12,14H,3-4,13,15H2,(H,29,31). The van der Waals surface area contributed by atoms with E-state index in [0.717, 1.165) is 29.8 Å². The Morgan fingerprint density at radius 1 is 1.00 bits per heavy atom. The Labute approximate surface area is 193 Å². The number of nitrogens with one attached hydrogen (secondary N) is 1. The Morgan fingerprint density at radius 2 is 1.71 bits per heavy atom. The van der Waals surface area contributed by atoms with Gasteiger partial charge >= 0.3 is 6.18 Å². The first kappa shape index (κ1) is 23.7. The molecule has 1 amide bonds. The zero-order valence-electron chi connectivity index (χ0n) is 17.8. The highest BCUT2D eigenvalue weighted by Gasteiger charge is 2.35. The Balaban J connectivity index is 1.59. The fourth-order valence-corrected chi connectivity index (χ4v) is 5.29. The van der Waals surface area contributed by atoms with Crippen LogP contribution in [0.5, 0.6) is 0 Å². The first-order valence-electron chi connectivity index (χ1n) is 10.4. The molecule has 1 aliphatic rings. The molecule has 4 rings (SSSR count). The molecule has 0 aromatic heterocycles. The van der Waals surface area contributed by atoms with Gasteiger partial charge in [0.2, 0.25) is 0 Å². The predicted molar refractivity (Wildman–Crippen MR) is 120 cm³/mol. The lowest BCUT2D eigenvalue weighted by Crippen LogP contribution is -2.34. The van der Waals surface area contributed by atoms with E-state index < -0.39 is 38.9 Å². The van der Waals surface area contributed by atoms with Crippen LogP contribution in [0, 0.1) is 5.82 Å². The van der Waals surface area contributed by atoms with Gasteiger partial charge in [0.15, 0.2) is 9.84 Å². The molecule has 3 aromatic rings. The van der Waals surface area contributed by atoms with Gasteiger partial charge in [-0.2, -0.15) is 13.2 Å². The lowest BCUT2D eigenvalue weighted by atomic mass is 10.0. The average Bonchev–Trinajstić information content (AvgIpc) is 2.79. The van der Waals surface area contributed by atoms with E-state index in [9.17, 15) is 30.8 Å². The number of sulfone groups is 1. The molecule has 34 heavy (non-hydrogen) atoms. The van der Waals surface area contributed by atoms with Crippen molar-refractivity contribution in [2.75, 3.05) is 22.6 Å². The molecule has 0 aliphatic carbocycles. The van der Waals surface area contributed by atoms with E-state index in [1.807, 2.05) is 0 Å². The molecular formula is C24H20F4N2O3S. The van der Waals surface area contributed by atoms with Crippen LogP contribution in [-0.2, 0) is 22.4 Å². The van der Waals surface area contributed by atoms with Crippen LogP contribution < -0.4 is 10.2 Å². The number of halogens is 4. The third kappa shape index (κ3) is 5.06. The van der Waals surface area contributed by atoms with Crippen molar-refractivity contribution in [3.05, 3.63) is 89.2 Å². The van der Waals surface area contributed by atoms with Gasteiger partial charge in [0.05, 0.1) is 16.0 Å². The van der Waals surface area contributed by atoms with E-state index in [0.29, 0.717) is 25.1 Å². The summed E-state index contributed by atoms with van der Waals surface area (Å²) in [5, 5.41) is 2.49. The number of nitrogens with zero attached hydrogens (tertiary/aromatic N) is 1. The van der Waals surface area contributed by atoms with Gasteiger partial charge in [-0.1, -0.05) is 18.2 Å². The largest absolute Gasteiger partial charge is 0.417 e. The summed E-state index contributed by atoms with van der Waals surface area (Å²) in [7, 11) is -3.77. The number of alkyl halides is 3. The molecule has 0 bridgehead atoms. The van der Waals surface area contributed by atoms with E-state index in [2.05, 4.69) is 5.32 Å². The van der Waals surface area contributed by atoms with Crippen molar-refractivity contribution in [2.45, 2.75) is 23.9 Å². The third-order valence-corrected chi connectivity index (χ3v) is 7.18. The number of hydrogen-bond acceptors (Lipinski definition) is 4. The summed E-state index contributed by atoms with van der Waals surface area (Å²) in [6.07, 6.45) is -3.29. The van der Waals surface area contributed by atoms with Crippen molar-refractivity contribution in [1.29, 1.82) is 0 Å². The number of hydrogen-bond donors (Lipinski definition) is 1. The number of anilines is 2. The highest BCUT2D eigenvalue weighted by Crippen LogP contribution is 2.34. The molecule has 0 fully saturated rings. The molecule has 0 radical (unpaired) electrons. The fraction of sp³-hybridized carbons (Fsp3) is 0.208. The van der Waals surface area contributed by atoms with Gasteiger partial charge in [0.1, 0.15) is 11.7 Å². The average molecular weight is 492 g/mol. The first-order valence-corrected chi connectivity index (χ1v) is 12.0. The smallest absolute Gasteiger partial charge is 0.357 e. The van der Waals surface area contributed by atoms with Gasteiger partial charge < -0.3 is 10.2 Å². The normalized spacial score (nSPS) is 13.9. The van der Waals surface area contributed by atoms with Gasteiger partial charge in [-0.3, -0.25) is 4.79 Å². The number of rotatable bonds is 5. The second-order valence-electron chi connectivity index (χ2n) is 7.91. The zero-order chi connectivity index (χ0) is 24.5. The monoisotopic (exact) mass is 492 g/mol. The van der Waals surface area contributed by atoms with Crippen molar-refractivity contribution < 1.29 is 30.8 Å². The second kappa shape index (κ2) is 9.09. The van der Waals surface area contributed by atoms with Gasteiger partial charge in [0, 0.05) is 17.9 Å². The van der Waals surface area contributed by atoms with Crippen LogP contribution in [-0.4, -0.2) is 26.7 Å². The maximum absolute atomic E-state index is 13.3. The topological polar surface area (TPSA) is 66.5 Å². The SMILES string of the molecule is O=C(Nc1ccc2c(c1)N(CS(=O)(=O)c1ccc(F)cc1)CCC2)c1ccccc1C(F)(F)F. The summed E-state index contributed by atoms with van der Waals surface area (Å²) >= 11 is 0. The molecule has 3 aromatic carbocycles. The quantitative estimate of drug-likeness (QED) is 0.389. The summed E-state index contributed by atoms with van der Waals surface area (Å²) in [4.78, 5) is 14.2. The highest BCUT2D eigenvalue weighted by molar-refractivity contribution is 7.91. The van der Waals surface area contributed by atoms with Crippen LogP contribution in [0.2, 0.25) is 0 Å². The molecule has 1 heterocycles. The van der Waals surface area contributed by atoms with E-state index >= 15 is 0 Å². The Bertz CT molecular complexity index is 1320. The van der Waals surface area contributed by atoms with Crippen LogP contribution in [0.15, 0.2) is 71.6 Å². The highest BCUT2D eigenvalue weighted by atomic mass is 32.2. The number of benzene rings is 3. The Morgan fingerprint density at radius 3 is 2.41 bits per heavy atom. The van der Waals surface area contributed by atoms with Gasteiger partial charge in [-0.05, 0) is 66.9 Å². The second-order valence-corrected chi connectivity index (χ2v) is 9.86. The van der Waals surface area contributed by atoms with Crippen molar-refractivity contribution in [2.24, 2.45) is 0 Å². The minimum atomic E-state index is -4.69. The van der Waals surface area contributed by atoms with Crippen molar-refractivity contribution in [3.8, 4) is 0 Å². The molecule has 0 saturated carbocycles. The molecule has 178 valence electrons. The Hall–Kier alpha value is -3.40. The molecule has 1 N–H and O–H groups in total. The van der Waals surface area contributed by atoms with Gasteiger partial charge in [0.25, 0.3) is 5.91 Å². The zero-order valence-corrected chi connectivity index (χ0v) is 18.6. The molecular weight excluding hydrogens is 472 g/mol. The van der Waals surface area contributed by atoms with Crippen LogP contribution in [0.25, 0.3) is 0 Å². The van der Waals surface area contributed by atoms with Crippen LogP contribution in [0.4, 0.5) is 28.9 Å². The van der Waals surface area contributed by atoms with Crippen molar-refractivity contribution >= 4 is 27.1 Å². The van der Waals surface area contributed by atoms with E-state index in [1.165, 1.54) is 24.3 Å². The summed E-state index contributed by atoms with van der Waals surface area (Å²) in [5.41, 5.74) is 0.112. The molecule has 5 nitrogen and oxygen atoms in total. The number of carbonyl (C=O) groups is 1. The summed E-state index contributed by atoms with van der Waals surface area (Å²) in [6.45, 7) is 0.432. The van der Waals surface area contributed by atoms with Crippen LogP contribution >= 0.6 is 0 Å². The summed E-state index contributed by atoms with van der Waals surface area (Å²) in [6, 6.07) is 13.9. The molecule has 0 saturated heterocycles. The summed E-state index contributed by atoms with van der Waals surface area (Å²) < 4.78 is 78.7. The van der Waals surface area contributed by atoms with Gasteiger partial charge in [-0.25, -0.2) is 12.8 Å². The van der Waals surface area contributed by atoms with E-state index in [-0.39, 0.29) is 16.5 Å². The number of fused-ring (bicyclic) bond motifs is 1. The lowest BCUT2D eigenvalue weighted by Gasteiger charge is -2.31. The summed E-state index contributed by atoms with van der Waals surface area (Å²) in [5.74, 6) is -1.83. The van der Waals surface area contributed by atoms with Crippen molar-refractivity contribution in [3.63, 3.8) is 0 Å². The third-order valence-electron chi connectivity index (χ3n) is 5.53. The molecule has 0 spiro atoms. The molecule has 1 aliphatic heterocycles. The van der Waals surface area contributed by atoms with Crippen LogP contribution in [0.3, 0.4) is 0 Å². The number of carbonyl (C=O) groups excluding carboxylic acids is 1. The van der Waals surface area contributed by atoms with E-state index in [1.54, 1.807) is 23.1 Å². The van der Waals surface area contributed by atoms with E-state index in [4.69, 9.17) is 0 Å². The van der Waals surface area contributed by atoms with Gasteiger partial charge in [-0.15, -0.1) is 0 Å². The van der Waals surface area contributed by atoms with Crippen LogP contribution in [0.1, 0.15) is 27.9 Å². The maximum atomic E-state index is 13.3. The number of aryl methyl sites for hydroxylation is 1. The van der Waals surface area contributed by atoms with Crippen molar-refractivity contribution in [1.82, 2.24) is 0 Å². The fourth-order valence-electron chi connectivity index (χ4n) is 3.91. The molecule has 0 atom stereocenters. The Kier molecular flexibility index (Phi) is 6.35. The minimum Gasteiger partial charge on any atom is -0.357 e. The molecule has 10 heteroatoms. The minimum absolute atomic E-state index is 0.0192. The lowest BCUT2D eigenvalue weighted by molar-refractivity contribution is -0.137.